The summed E-state index contributed by atoms with van der Waals surface area (Å²) in [5.41, 5.74) is 10.4. The average molecular weight is 250 g/mol. The van der Waals surface area contributed by atoms with Crippen LogP contribution in [0.4, 0.5) is 5.95 Å². The van der Waals surface area contributed by atoms with Gasteiger partial charge in [0.1, 0.15) is 0 Å². The standard InChI is InChI=1S/C15H14N4/c1-9-8-10(2)17-14-12(9)13(18-15(16)19-14)11-6-4-3-5-7-11/h3-8H,1-2H3,(H2,16,17,18,19). The van der Waals surface area contributed by atoms with E-state index in [0.717, 1.165) is 27.9 Å². The molecule has 0 spiro atoms. The summed E-state index contributed by atoms with van der Waals surface area (Å²) in [5.74, 6) is 0.254. The molecule has 94 valence electrons. The van der Waals surface area contributed by atoms with E-state index >= 15 is 0 Å². The first-order valence-corrected chi connectivity index (χ1v) is 6.12. The number of rotatable bonds is 1. The zero-order valence-corrected chi connectivity index (χ0v) is 10.9. The Kier molecular flexibility index (Phi) is 2.63. The molecule has 0 unspecified atom stereocenters. The van der Waals surface area contributed by atoms with Crippen molar-refractivity contribution in [1.29, 1.82) is 0 Å². The molecular weight excluding hydrogens is 236 g/mol. The molecule has 2 heterocycles. The van der Waals surface area contributed by atoms with E-state index in [9.17, 15) is 0 Å². The van der Waals surface area contributed by atoms with Crippen LogP contribution in [0.2, 0.25) is 0 Å². The van der Waals surface area contributed by atoms with Crippen LogP contribution in [-0.4, -0.2) is 15.0 Å². The quantitative estimate of drug-likeness (QED) is 0.721. The van der Waals surface area contributed by atoms with E-state index in [1.165, 1.54) is 0 Å². The largest absolute Gasteiger partial charge is 0.368 e. The number of nitrogens with two attached hydrogens (primary N) is 1. The van der Waals surface area contributed by atoms with Crippen molar-refractivity contribution in [2.75, 3.05) is 5.73 Å². The Morgan fingerprint density at radius 1 is 0.947 bits per heavy atom. The minimum atomic E-state index is 0.254. The third-order valence-corrected chi connectivity index (χ3v) is 3.06. The van der Waals surface area contributed by atoms with Crippen LogP contribution >= 0.6 is 0 Å². The predicted octanol–water partition coefficient (Wildman–Crippen LogP) is 2.89. The van der Waals surface area contributed by atoms with Crippen LogP contribution in [0.25, 0.3) is 22.3 Å². The maximum absolute atomic E-state index is 5.80. The third kappa shape index (κ3) is 2.01. The van der Waals surface area contributed by atoms with Gasteiger partial charge >= 0.3 is 0 Å². The van der Waals surface area contributed by atoms with Crippen molar-refractivity contribution in [3.05, 3.63) is 47.7 Å². The lowest BCUT2D eigenvalue weighted by Crippen LogP contribution is -2.01. The van der Waals surface area contributed by atoms with E-state index < -0.39 is 0 Å². The van der Waals surface area contributed by atoms with E-state index in [0.29, 0.717) is 5.65 Å². The average Bonchev–Trinajstić information content (AvgIpc) is 2.38. The summed E-state index contributed by atoms with van der Waals surface area (Å²) in [6.07, 6.45) is 0. The Morgan fingerprint density at radius 2 is 1.68 bits per heavy atom. The number of benzene rings is 1. The van der Waals surface area contributed by atoms with Crippen LogP contribution in [0, 0.1) is 13.8 Å². The molecule has 0 fully saturated rings. The Hall–Kier alpha value is -2.49. The van der Waals surface area contributed by atoms with E-state index in [1.807, 2.05) is 50.2 Å². The molecule has 2 N–H and O–H groups in total. The van der Waals surface area contributed by atoms with Gasteiger partial charge in [-0.3, -0.25) is 0 Å². The maximum atomic E-state index is 5.80. The Balaban J connectivity index is 2.42. The molecule has 0 bridgehead atoms. The molecule has 4 heteroatoms. The van der Waals surface area contributed by atoms with Gasteiger partial charge in [-0.1, -0.05) is 30.3 Å². The molecule has 0 amide bonds. The molecule has 0 aliphatic heterocycles. The Bertz CT molecular complexity index is 746. The van der Waals surface area contributed by atoms with Gasteiger partial charge < -0.3 is 5.73 Å². The predicted molar refractivity (Wildman–Crippen MR) is 76.7 cm³/mol. The SMILES string of the molecule is Cc1cc(C)c2c(-c3ccccc3)nc(N)nc2n1. The van der Waals surface area contributed by atoms with Crippen molar-refractivity contribution in [1.82, 2.24) is 15.0 Å². The van der Waals surface area contributed by atoms with Crippen LogP contribution in [-0.2, 0) is 0 Å². The minimum absolute atomic E-state index is 0.254. The number of hydrogen-bond acceptors (Lipinski definition) is 4. The molecular formula is C15H14N4. The topological polar surface area (TPSA) is 64.7 Å². The van der Waals surface area contributed by atoms with Crippen molar-refractivity contribution in [3.8, 4) is 11.3 Å². The van der Waals surface area contributed by atoms with Crippen LogP contribution in [0.3, 0.4) is 0 Å². The van der Waals surface area contributed by atoms with E-state index in [1.54, 1.807) is 0 Å². The first-order valence-electron chi connectivity index (χ1n) is 6.12. The van der Waals surface area contributed by atoms with Gasteiger partial charge in [0, 0.05) is 16.6 Å². The molecule has 0 aliphatic carbocycles. The molecule has 3 rings (SSSR count). The van der Waals surface area contributed by atoms with Crippen LogP contribution in [0.5, 0.6) is 0 Å². The van der Waals surface area contributed by atoms with Crippen LogP contribution in [0.1, 0.15) is 11.3 Å². The lowest BCUT2D eigenvalue weighted by molar-refractivity contribution is 1.15. The fourth-order valence-corrected chi connectivity index (χ4v) is 2.30. The van der Waals surface area contributed by atoms with Gasteiger partial charge in [0.25, 0.3) is 0 Å². The van der Waals surface area contributed by atoms with E-state index in [-0.39, 0.29) is 5.95 Å². The first kappa shape index (κ1) is 11.6. The summed E-state index contributed by atoms with van der Waals surface area (Å²) in [7, 11) is 0. The summed E-state index contributed by atoms with van der Waals surface area (Å²) in [6, 6.07) is 12.0. The second-order valence-electron chi connectivity index (χ2n) is 4.58. The van der Waals surface area contributed by atoms with Crippen LogP contribution in [0.15, 0.2) is 36.4 Å². The van der Waals surface area contributed by atoms with Gasteiger partial charge in [-0.15, -0.1) is 0 Å². The fraction of sp³-hybridized carbons (Fsp3) is 0.133. The molecule has 3 aromatic rings. The van der Waals surface area contributed by atoms with Gasteiger partial charge in [0.15, 0.2) is 5.65 Å². The van der Waals surface area contributed by atoms with Gasteiger partial charge in [-0.05, 0) is 25.5 Å². The number of fused-ring (bicyclic) bond motifs is 1. The highest BCUT2D eigenvalue weighted by atomic mass is 15.0. The van der Waals surface area contributed by atoms with Crippen molar-refractivity contribution >= 4 is 17.0 Å². The summed E-state index contributed by atoms with van der Waals surface area (Å²) < 4.78 is 0. The number of nitrogens with zero attached hydrogens (tertiary/aromatic N) is 3. The van der Waals surface area contributed by atoms with E-state index in [2.05, 4.69) is 15.0 Å². The maximum Gasteiger partial charge on any atom is 0.222 e. The van der Waals surface area contributed by atoms with Crippen LogP contribution < -0.4 is 5.73 Å². The summed E-state index contributed by atoms with van der Waals surface area (Å²) in [4.78, 5) is 13.1. The molecule has 2 aromatic heterocycles. The second-order valence-corrected chi connectivity index (χ2v) is 4.58. The monoisotopic (exact) mass is 250 g/mol. The lowest BCUT2D eigenvalue weighted by Gasteiger charge is -2.09. The fourth-order valence-electron chi connectivity index (χ4n) is 2.30. The number of nitrogen functional groups attached to an aromatic ring is 1. The molecule has 0 radical (unpaired) electrons. The number of anilines is 1. The highest BCUT2D eigenvalue weighted by molar-refractivity contribution is 5.93. The molecule has 0 saturated carbocycles. The molecule has 4 nitrogen and oxygen atoms in total. The number of hydrogen-bond donors (Lipinski definition) is 1. The summed E-state index contributed by atoms with van der Waals surface area (Å²) in [5, 5.41) is 0.964. The van der Waals surface area contributed by atoms with Crippen molar-refractivity contribution in [3.63, 3.8) is 0 Å². The zero-order valence-electron chi connectivity index (χ0n) is 10.9. The van der Waals surface area contributed by atoms with Gasteiger partial charge in [-0.25, -0.2) is 9.97 Å². The number of aryl methyl sites for hydroxylation is 2. The lowest BCUT2D eigenvalue weighted by atomic mass is 10.0. The molecule has 19 heavy (non-hydrogen) atoms. The third-order valence-electron chi connectivity index (χ3n) is 3.06. The number of aromatic nitrogens is 3. The smallest absolute Gasteiger partial charge is 0.222 e. The molecule has 0 atom stereocenters. The highest BCUT2D eigenvalue weighted by Crippen LogP contribution is 2.28. The summed E-state index contributed by atoms with van der Waals surface area (Å²) in [6.45, 7) is 4.00. The number of pyridine rings is 1. The Labute approximate surface area is 111 Å². The van der Waals surface area contributed by atoms with Gasteiger partial charge in [0.2, 0.25) is 5.95 Å². The molecule has 0 saturated heterocycles. The van der Waals surface area contributed by atoms with Gasteiger partial charge in [0.05, 0.1) is 5.69 Å². The molecule has 1 aromatic carbocycles. The molecule has 0 aliphatic rings. The van der Waals surface area contributed by atoms with Crippen molar-refractivity contribution < 1.29 is 0 Å². The van der Waals surface area contributed by atoms with Gasteiger partial charge in [-0.2, -0.15) is 4.98 Å². The van der Waals surface area contributed by atoms with Crippen molar-refractivity contribution in [2.45, 2.75) is 13.8 Å². The van der Waals surface area contributed by atoms with Crippen molar-refractivity contribution in [2.24, 2.45) is 0 Å². The normalized spacial score (nSPS) is 10.8. The zero-order chi connectivity index (χ0) is 13.4. The highest BCUT2D eigenvalue weighted by Gasteiger charge is 2.12. The first-order chi connectivity index (χ1) is 9.15. The Morgan fingerprint density at radius 3 is 2.42 bits per heavy atom. The second kappa shape index (κ2) is 4.31. The summed E-state index contributed by atoms with van der Waals surface area (Å²) >= 11 is 0. The van der Waals surface area contributed by atoms with E-state index in [4.69, 9.17) is 5.73 Å². The minimum Gasteiger partial charge on any atom is -0.368 e.